The number of fused-ring (bicyclic) bond motifs is 5. The van der Waals surface area contributed by atoms with Gasteiger partial charge in [-0.25, -0.2) is 0 Å². The molecule has 1 heteroatoms. The van der Waals surface area contributed by atoms with Crippen molar-refractivity contribution in [1.82, 2.24) is 5.32 Å². The van der Waals surface area contributed by atoms with Crippen LogP contribution < -0.4 is 5.32 Å². The molecule has 1 aromatic rings. The van der Waals surface area contributed by atoms with Gasteiger partial charge in [-0.05, 0) is 36.1 Å². The fourth-order valence-corrected chi connectivity index (χ4v) is 2.31. The molecule has 0 radical (unpaired) electrons. The Morgan fingerprint density at radius 2 is 1.38 bits per heavy atom. The van der Waals surface area contributed by atoms with E-state index in [2.05, 4.69) is 43.4 Å². The normalized spacial score (nSPS) is 28.2. The maximum absolute atomic E-state index is 3.54. The highest BCUT2D eigenvalue weighted by atomic mass is 15.0. The molecule has 2 aliphatic rings. The fourth-order valence-electron chi connectivity index (χ4n) is 2.31. The van der Waals surface area contributed by atoms with Crippen LogP contribution in [0.5, 0.6) is 0 Å². The SMILES string of the molecule is Cc1cc2c(cc1C)C1C=CC2N1. The molecule has 0 saturated carbocycles. The maximum atomic E-state index is 3.54. The van der Waals surface area contributed by atoms with Crippen molar-refractivity contribution in [2.75, 3.05) is 0 Å². The number of nitrogens with one attached hydrogen (secondary N) is 1. The Morgan fingerprint density at radius 3 is 1.85 bits per heavy atom. The van der Waals surface area contributed by atoms with Crippen LogP contribution in [0.4, 0.5) is 0 Å². The van der Waals surface area contributed by atoms with Crippen molar-refractivity contribution in [1.29, 1.82) is 0 Å². The summed E-state index contributed by atoms with van der Waals surface area (Å²) in [7, 11) is 0. The summed E-state index contributed by atoms with van der Waals surface area (Å²) in [5.41, 5.74) is 5.77. The second kappa shape index (κ2) is 2.24. The Morgan fingerprint density at radius 1 is 0.923 bits per heavy atom. The lowest BCUT2D eigenvalue weighted by atomic mass is 9.93. The zero-order valence-corrected chi connectivity index (χ0v) is 7.96. The first-order chi connectivity index (χ1) is 6.25. The molecule has 13 heavy (non-hydrogen) atoms. The summed E-state index contributed by atoms with van der Waals surface area (Å²) in [6.07, 6.45) is 4.53. The van der Waals surface area contributed by atoms with Crippen LogP contribution in [0.3, 0.4) is 0 Å². The highest BCUT2D eigenvalue weighted by Gasteiger charge is 2.31. The van der Waals surface area contributed by atoms with Crippen LogP contribution in [0.25, 0.3) is 0 Å². The van der Waals surface area contributed by atoms with E-state index in [1.54, 1.807) is 0 Å². The van der Waals surface area contributed by atoms with Crippen LogP contribution >= 0.6 is 0 Å². The molecule has 0 spiro atoms. The maximum Gasteiger partial charge on any atom is 0.0517 e. The molecule has 66 valence electrons. The van der Waals surface area contributed by atoms with Crippen molar-refractivity contribution in [2.24, 2.45) is 0 Å². The first kappa shape index (κ1) is 7.34. The molecule has 2 bridgehead atoms. The Labute approximate surface area is 78.5 Å². The minimum absolute atomic E-state index is 0.485. The van der Waals surface area contributed by atoms with Gasteiger partial charge in [0, 0.05) is 0 Å². The third-order valence-corrected chi connectivity index (χ3v) is 3.22. The Bertz CT molecular complexity index is 367. The zero-order chi connectivity index (χ0) is 9.00. The smallest absolute Gasteiger partial charge is 0.0517 e. The van der Waals surface area contributed by atoms with Gasteiger partial charge in [0.2, 0.25) is 0 Å². The summed E-state index contributed by atoms with van der Waals surface area (Å²) in [6, 6.07) is 5.62. The lowest BCUT2D eigenvalue weighted by molar-refractivity contribution is 0.673. The summed E-state index contributed by atoms with van der Waals surface area (Å²) >= 11 is 0. The number of benzene rings is 1. The minimum atomic E-state index is 0.485. The predicted octanol–water partition coefficient (Wildman–Crippen LogP) is 2.56. The molecular formula is C12H13N. The third kappa shape index (κ3) is 0.853. The summed E-state index contributed by atoms with van der Waals surface area (Å²) in [5.74, 6) is 0. The number of aryl methyl sites for hydroxylation is 2. The van der Waals surface area contributed by atoms with E-state index in [-0.39, 0.29) is 0 Å². The first-order valence-electron chi connectivity index (χ1n) is 4.81. The van der Waals surface area contributed by atoms with Gasteiger partial charge in [0.15, 0.2) is 0 Å². The fraction of sp³-hybridized carbons (Fsp3) is 0.333. The van der Waals surface area contributed by atoms with Crippen molar-refractivity contribution in [3.05, 3.63) is 46.5 Å². The van der Waals surface area contributed by atoms with E-state index in [9.17, 15) is 0 Å². The summed E-state index contributed by atoms with van der Waals surface area (Å²) in [6.45, 7) is 4.37. The number of rotatable bonds is 0. The van der Waals surface area contributed by atoms with Gasteiger partial charge in [-0.3, -0.25) is 5.32 Å². The van der Waals surface area contributed by atoms with E-state index < -0.39 is 0 Å². The van der Waals surface area contributed by atoms with Crippen LogP contribution in [0.1, 0.15) is 34.3 Å². The summed E-state index contributed by atoms with van der Waals surface area (Å²) < 4.78 is 0. The number of hydrogen-bond acceptors (Lipinski definition) is 1. The highest BCUT2D eigenvalue weighted by Crippen LogP contribution is 2.40. The first-order valence-corrected chi connectivity index (χ1v) is 4.81. The standard InChI is InChI=1S/C12H13N/c1-7-5-9-10(6-8(7)2)12-4-3-11(9)13-12/h3-6,11-13H,1-2H3. The highest BCUT2D eigenvalue weighted by molar-refractivity contribution is 5.49. The molecule has 0 aliphatic carbocycles. The van der Waals surface area contributed by atoms with Gasteiger partial charge in [0.05, 0.1) is 12.1 Å². The molecule has 0 fully saturated rings. The van der Waals surface area contributed by atoms with E-state index in [0.717, 1.165) is 0 Å². The van der Waals surface area contributed by atoms with Crippen LogP contribution in [-0.2, 0) is 0 Å². The van der Waals surface area contributed by atoms with Gasteiger partial charge >= 0.3 is 0 Å². The van der Waals surface area contributed by atoms with Gasteiger partial charge in [-0.15, -0.1) is 0 Å². The molecule has 1 N–H and O–H groups in total. The molecule has 0 aromatic heterocycles. The largest absolute Gasteiger partial charge is 0.296 e. The van der Waals surface area contributed by atoms with Crippen molar-refractivity contribution in [3.8, 4) is 0 Å². The van der Waals surface area contributed by atoms with Crippen molar-refractivity contribution >= 4 is 0 Å². The van der Waals surface area contributed by atoms with Crippen LogP contribution in [0.15, 0.2) is 24.3 Å². The molecule has 3 rings (SSSR count). The molecule has 2 heterocycles. The molecule has 0 amide bonds. The predicted molar refractivity (Wildman–Crippen MR) is 53.7 cm³/mol. The van der Waals surface area contributed by atoms with E-state index in [4.69, 9.17) is 0 Å². The molecule has 1 aromatic carbocycles. The number of hydrogen-bond donors (Lipinski definition) is 1. The van der Waals surface area contributed by atoms with E-state index in [0.29, 0.717) is 12.1 Å². The topological polar surface area (TPSA) is 12.0 Å². The van der Waals surface area contributed by atoms with E-state index in [1.807, 2.05) is 0 Å². The van der Waals surface area contributed by atoms with Crippen molar-refractivity contribution in [2.45, 2.75) is 25.9 Å². The zero-order valence-electron chi connectivity index (χ0n) is 7.96. The van der Waals surface area contributed by atoms with Crippen LogP contribution in [0.2, 0.25) is 0 Å². The van der Waals surface area contributed by atoms with Gasteiger partial charge in [-0.1, -0.05) is 24.3 Å². The minimum Gasteiger partial charge on any atom is -0.296 e. The van der Waals surface area contributed by atoms with Gasteiger partial charge in [-0.2, -0.15) is 0 Å². The lowest BCUT2D eigenvalue weighted by Gasteiger charge is -2.11. The van der Waals surface area contributed by atoms with E-state index in [1.165, 1.54) is 22.3 Å². The molecule has 2 aliphatic heterocycles. The van der Waals surface area contributed by atoms with Gasteiger partial charge in [0.25, 0.3) is 0 Å². The molecule has 2 unspecified atom stereocenters. The monoisotopic (exact) mass is 171 g/mol. The summed E-state index contributed by atoms with van der Waals surface area (Å²) in [4.78, 5) is 0. The van der Waals surface area contributed by atoms with Crippen molar-refractivity contribution in [3.63, 3.8) is 0 Å². The van der Waals surface area contributed by atoms with Gasteiger partial charge in [0.1, 0.15) is 0 Å². The Kier molecular flexibility index (Phi) is 1.26. The molecule has 1 nitrogen and oxygen atoms in total. The summed E-state index contributed by atoms with van der Waals surface area (Å²) in [5, 5.41) is 3.54. The lowest BCUT2D eigenvalue weighted by Crippen LogP contribution is -2.07. The average molecular weight is 171 g/mol. The average Bonchev–Trinajstić information content (AvgIpc) is 2.67. The Hall–Kier alpha value is -1.08. The second-order valence-electron chi connectivity index (χ2n) is 4.07. The van der Waals surface area contributed by atoms with E-state index >= 15 is 0 Å². The third-order valence-electron chi connectivity index (χ3n) is 3.22. The van der Waals surface area contributed by atoms with Gasteiger partial charge < -0.3 is 0 Å². The molecular weight excluding hydrogens is 158 g/mol. The molecule has 0 saturated heterocycles. The van der Waals surface area contributed by atoms with Crippen molar-refractivity contribution < 1.29 is 0 Å². The second-order valence-corrected chi connectivity index (χ2v) is 4.07. The molecule has 2 atom stereocenters. The van der Waals surface area contributed by atoms with Crippen LogP contribution in [-0.4, -0.2) is 0 Å². The van der Waals surface area contributed by atoms with Crippen LogP contribution in [0, 0.1) is 13.8 Å². The Balaban J connectivity index is 2.25. The quantitative estimate of drug-likeness (QED) is 0.591.